The Labute approximate surface area is 81.7 Å². The lowest BCUT2D eigenvalue weighted by Crippen LogP contribution is -2.51. The molecule has 0 aromatic heterocycles. The largest absolute Gasteiger partial charge is 0.465 e. The minimum Gasteiger partial charge on any atom is -0.465 e. The molecule has 84 valence electrons. The molecule has 6 nitrogen and oxygen atoms in total. The molecule has 0 aliphatic heterocycles. The van der Waals surface area contributed by atoms with Gasteiger partial charge in [-0.25, -0.2) is 0 Å². The Kier molecular flexibility index (Phi) is 5.63. The molecule has 0 aromatic rings. The molecule has 0 radical (unpaired) electrons. The summed E-state index contributed by atoms with van der Waals surface area (Å²) in [6.07, 6.45) is -1.54. The van der Waals surface area contributed by atoms with E-state index in [0.29, 0.717) is 0 Å². The summed E-state index contributed by atoms with van der Waals surface area (Å²) < 4.78 is 4.58. The van der Waals surface area contributed by atoms with E-state index in [1.165, 1.54) is 0 Å². The van der Waals surface area contributed by atoms with Crippen LogP contribution in [0.1, 0.15) is 6.92 Å². The summed E-state index contributed by atoms with van der Waals surface area (Å²) >= 11 is 0. The Morgan fingerprint density at radius 1 is 1.36 bits per heavy atom. The Morgan fingerprint density at radius 2 is 1.86 bits per heavy atom. The van der Waals surface area contributed by atoms with Crippen molar-refractivity contribution in [1.29, 1.82) is 0 Å². The summed E-state index contributed by atoms with van der Waals surface area (Å²) in [5.74, 6) is -0.924. The average molecular weight is 208 g/mol. The van der Waals surface area contributed by atoms with E-state index in [2.05, 4.69) is 4.74 Å². The second-order valence-corrected chi connectivity index (χ2v) is 2.89. The van der Waals surface area contributed by atoms with Crippen LogP contribution in [0, 0.1) is 5.41 Å². The Balaban J connectivity index is 4.76. The van der Waals surface area contributed by atoms with Crippen molar-refractivity contribution in [2.45, 2.75) is 13.0 Å². The first-order valence-electron chi connectivity index (χ1n) is 4.26. The van der Waals surface area contributed by atoms with Gasteiger partial charge in [0.15, 0.2) is 0 Å². The zero-order valence-corrected chi connectivity index (χ0v) is 8.01. The molecule has 0 rings (SSSR count). The highest BCUT2D eigenvalue weighted by molar-refractivity contribution is 5.78. The van der Waals surface area contributed by atoms with E-state index in [0.717, 1.165) is 0 Å². The van der Waals surface area contributed by atoms with Crippen LogP contribution < -0.4 is 0 Å². The fourth-order valence-electron chi connectivity index (χ4n) is 0.975. The molecule has 0 heterocycles. The van der Waals surface area contributed by atoms with Crippen LogP contribution in [0.4, 0.5) is 0 Å². The number of aliphatic hydroxyl groups is 4. The highest BCUT2D eigenvalue weighted by Gasteiger charge is 2.45. The normalized spacial score (nSPS) is 13.8. The Bertz CT molecular complexity index is 177. The molecule has 0 aliphatic carbocycles. The van der Waals surface area contributed by atoms with Crippen molar-refractivity contribution in [1.82, 2.24) is 0 Å². The molecule has 0 amide bonds. The number of esters is 1. The third-order valence-electron chi connectivity index (χ3n) is 2.06. The SMILES string of the molecule is CCOC(=O)C(CO)(CO)C(O)CO. The van der Waals surface area contributed by atoms with Gasteiger partial charge in [-0.05, 0) is 6.92 Å². The lowest BCUT2D eigenvalue weighted by atomic mass is 9.84. The molecule has 1 atom stereocenters. The molecule has 0 fully saturated rings. The van der Waals surface area contributed by atoms with E-state index in [-0.39, 0.29) is 6.61 Å². The third-order valence-corrected chi connectivity index (χ3v) is 2.06. The van der Waals surface area contributed by atoms with Gasteiger partial charge in [0.1, 0.15) is 5.41 Å². The minimum absolute atomic E-state index is 0.0682. The van der Waals surface area contributed by atoms with Gasteiger partial charge in [0, 0.05) is 0 Å². The molecule has 1 unspecified atom stereocenters. The van der Waals surface area contributed by atoms with E-state index in [1.807, 2.05) is 0 Å². The highest BCUT2D eigenvalue weighted by Crippen LogP contribution is 2.23. The van der Waals surface area contributed by atoms with Crippen molar-refractivity contribution in [3.8, 4) is 0 Å². The topological polar surface area (TPSA) is 107 Å². The number of hydrogen-bond acceptors (Lipinski definition) is 6. The third kappa shape index (κ3) is 2.42. The standard InChI is InChI=1S/C8H16O6/c1-2-14-7(13)8(4-10,5-11)6(12)3-9/h6,9-12H,2-5H2,1H3. The highest BCUT2D eigenvalue weighted by atomic mass is 16.5. The predicted octanol–water partition coefficient (Wildman–Crippen LogP) is -2.13. The van der Waals surface area contributed by atoms with Gasteiger partial charge in [0.05, 0.1) is 32.5 Å². The molecule has 0 aliphatic rings. The Hall–Kier alpha value is -0.690. The summed E-state index contributed by atoms with van der Waals surface area (Å²) in [4.78, 5) is 11.3. The van der Waals surface area contributed by atoms with Crippen molar-refractivity contribution >= 4 is 5.97 Å². The van der Waals surface area contributed by atoms with Crippen LogP contribution in [0.5, 0.6) is 0 Å². The number of carbonyl (C=O) groups excluding carboxylic acids is 1. The molecular weight excluding hydrogens is 192 g/mol. The van der Waals surface area contributed by atoms with Crippen molar-refractivity contribution < 1.29 is 30.0 Å². The zero-order chi connectivity index (χ0) is 11.2. The van der Waals surface area contributed by atoms with Crippen molar-refractivity contribution in [2.24, 2.45) is 5.41 Å². The molecule has 0 saturated carbocycles. The van der Waals surface area contributed by atoms with Crippen LogP contribution in [0.2, 0.25) is 0 Å². The molecule has 0 spiro atoms. The van der Waals surface area contributed by atoms with Gasteiger partial charge in [-0.1, -0.05) is 0 Å². The number of carbonyl (C=O) groups is 1. The predicted molar refractivity (Wildman–Crippen MR) is 46.3 cm³/mol. The van der Waals surface area contributed by atoms with Crippen molar-refractivity contribution in [3.05, 3.63) is 0 Å². The molecule has 4 N–H and O–H groups in total. The fourth-order valence-corrected chi connectivity index (χ4v) is 0.975. The van der Waals surface area contributed by atoms with Crippen LogP contribution >= 0.6 is 0 Å². The lowest BCUT2D eigenvalue weighted by molar-refractivity contribution is -0.174. The number of rotatable bonds is 6. The van der Waals surface area contributed by atoms with Gasteiger partial charge in [0.2, 0.25) is 0 Å². The molecule has 0 bridgehead atoms. The summed E-state index contributed by atoms with van der Waals surface area (Å²) in [7, 11) is 0. The van der Waals surface area contributed by atoms with Gasteiger partial charge in [0.25, 0.3) is 0 Å². The second kappa shape index (κ2) is 5.92. The molecule has 14 heavy (non-hydrogen) atoms. The van der Waals surface area contributed by atoms with Crippen molar-refractivity contribution in [2.75, 3.05) is 26.4 Å². The van der Waals surface area contributed by atoms with Gasteiger partial charge < -0.3 is 25.2 Å². The van der Waals surface area contributed by atoms with Gasteiger partial charge in [-0.15, -0.1) is 0 Å². The monoisotopic (exact) mass is 208 g/mol. The molecular formula is C8H16O6. The van der Waals surface area contributed by atoms with Crippen LogP contribution in [0.3, 0.4) is 0 Å². The van der Waals surface area contributed by atoms with E-state index in [1.54, 1.807) is 6.92 Å². The minimum atomic E-state index is -1.84. The van der Waals surface area contributed by atoms with Crippen LogP contribution in [-0.2, 0) is 9.53 Å². The number of hydrogen-bond donors (Lipinski definition) is 4. The number of aliphatic hydroxyl groups excluding tert-OH is 4. The van der Waals surface area contributed by atoms with Gasteiger partial charge in [-0.3, -0.25) is 4.79 Å². The fraction of sp³-hybridized carbons (Fsp3) is 0.875. The van der Waals surface area contributed by atoms with Crippen molar-refractivity contribution in [3.63, 3.8) is 0 Å². The molecule has 0 aromatic carbocycles. The smallest absolute Gasteiger partial charge is 0.319 e. The zero-order valence-electron chi connectivity index (χ0n) is 8.01. The number of ether oxygens (including phenoxy) is 1. The molecule has 6 heteroatoms. The summed E-state index contributed by atoms with van der Waals surface area (Å²) in [6.45, 7) is -0.685. The first-order valence-corrected chi connectivity index (χ1v) is 4.26. The van der Waals surface area contributed by atoms with Crippen LogP contribution in [-0.4, -0.2) is 58.9 Å². The second-order valence-electron chi connectivity index (χ2n) is 2.89. The molecule has 0 saturated heterocycles. The maximum atomic E-state index is 11.3. The first-order chi connectivity index (χ1) is 6.58. The van der Waals surface area contributed by atoms with E-state index in [9.17, 15) is 9.90 Å². The maximum absolute atomic E-state index is 11.3. The van der Waals surface area contributed by atoms with E-state index >= 15 is 0 Å². The lowest BCUT2D eigenvalue weighted by Gasteiger charge is -2.30. The average Bonchev–Trinajstić information content (AvgIpc) is 2.20. The van der Waals surface area contributed by atoms with Gasteiger partial charge >= 0.3 is 5.97 Å². The summed E-state index contributed by atoms with van der Waals surface area (Å²) in [5.41, 5.74) is -1.84. The van der Waals surface area contributed by atoms with Crippen LogP contribution in [0.25, 0.3) is 0 Å². The first kappa shape index (κ1) is 13.3. The van der Waals surface area contributed by atoms with E-state index in [4.69, 9.17) is 15.3 Å². The Morgan fingerprint density at radius 3 is 2.14 bits per heavy atom. The summed E-state index contributed by atoms with van der Waals surface area (Å²) in [6, 6.07) is 0. The van der Waals surface area contributed by atoms with Crippen LogP contribution in [0.15, 0.2) is 0 Å². The van der Waals surface area contributed by atoms with Gasteiger partial charge in [-0.2, -0.15) is 0 Å². The maximum Gasteiger partial charge on any atom is 0.319 e. The summed E-state index contributed by atoms with van der Waals surface area (Å²) in [5, 5.41) is 35.9. The quantitative estimate of drug-likeness (QED) is 0.371. The van der Waals surface area contributed by atoms with E-state index < -0.39 is 37.3 Å².